The van der Waals surface area contributed by atoms with Crippen molar-refractivity contribution < 1.29 is 14.3 Å². The van der Waals surface area contributed by atoms with Crippen molar-refractivity contribution in [3.63, 3.8) is 0 Å². The molecule has 41 heavy (non-hydrogen) atoms. The van der Waals surface area contributed by atoms with Crippen LogP contribution in [0.3, 0.4) is 0 Å². The van der Waals surface area contributed by atoms with E-state index in [0.717, 1.165) is 44.8 Å². The third kappa shape index (κ3) is 7.58. The number of nitrogens with zero attached hydrogens (tertiary/aromatic N) is 1. The van der Waals surface area contributed by atoms with Crippen LogP contribution >= 0.6 is 36.2 Å². The number of fused-ring (bicyclic) bond motifs is 1. The molecule has 2 atom stereocenters. The highest BCUT2D eigenvalue weighted by atomic mass is 35.5. The zero-order valence-corrected chi connectivity index (χ0v) is 25.1. The SMILES string of the molecule is CCOC(=O)C(Cc1cc2cc(C(=N)N)ccc2s1)c1ccc(O[C@H]2CCN(C(=N)c3ccccc3)C2)cc1.Cl.Cl. The molecule has 10 heteroatoms. The third-order valence-electron chi connectivity index (χ3n) is 6.95. The number of halogens is 2. The largest absolute Gasteiger partial charge is 0.489 e. The van der Waals surface area contributed by atoms with Gasteiger partial charge in [0.1, 0.15) is 23.5 Å². The summed E-state index contributed by atoms with van der Waals surface area (Å²) in [4.78, 5) is 16.1. The van der Waals surface area contributed by atoms with E-state index in [1.165, 1.54) is 0 Å². The fourth-order valence-corrected chi connectivity index (χ4v) is 6.02. The molecule has 1 fully saturated rings. The van der Waals surface area contributed by atoms with Crippen molar-refractivity contribution in [2.24, 2.45) is 5.73 Å². The Morgan fingerprint density at radius 3 is 2.44 bits per heavy atom. The molecule has 0 bridgehead atoms. The minimum Gasteiger partial charge on any atom is -0.489 e. The molecule has 0 spiro atoms. The van der Waals surface area contributed by atoms with Gasteiger partial charge in [-0.25, -0.2) is 0 Å². The van der Waals surface area contributed by atoms with Gasteiger partial charge in [-0.2, -0.15) is 0 Å². The third-order valence-corrected chi connectivity index (χ3v) is 8.09. The van der Waals surface area contributed by atoms with Gasteiger partial charge in [0.2, 0.25) is 0 Å². The molecule has 0 aliphatic carbocycles. The van der Waals surface area contributed by atoms with Gasteiger partial charge in [-0.3, -0.25) is 15.6 Å². The molecule has 1 aliphatic rings. The van der Waals surface area contributed by atoms with Gasteiger partial charge in [-0.05, 0) is 60.7 Å². The van der Waals surface area contributed by atoms with Crippen LogP contribution in [0, 0.1) is 10.8 Å². The van der Waals surface area contributed by atoms with Crippen LogP contribution in [-0.4, -0.2) is 48.3 Å². The number of nitrogens with one attached hydrogen (secondary N) is 2. The van der Waals surface area contributed by atoms with Crippen molar-refractivity contribution in [2.45, 2.75) is 31.8 Å². The smallest absolute Gasteiger partial charge is 0.313 e. The van der Waals surface area contributed by atoms with Crippen LogP contribution in [0.5, 0.6) is 5.75 Å². The Kier molecular flexibility index (Phi) is 11.2. The highest BCUT2D eigenvalue weighted by molar-refractivity contribution is 7.19. The topological polar surface area (TPSA) is 112 Å². The number of nitrogens with two attached hydrogens (primary N) is 1. The number of hydrogen-bond donors (Lipinski definition) is 3. The van der Waals surface area contributed by atoms with Crippen LogP contribution in [0.15, 0.2) is 78.9 Å². The van der Waals surface area contributed by atoms with Gasteiger partial charge < -0.3 is 20.1 Å². The van der Waals surface area contributed by atoms with Gasteiger partial charge >= 0.3 is 5.97 Å². The first-order valence-corrected chi connectivity index (χ1v) is 13.9. The van der Waals surface area contributed by atoms with Gasteiger partial charge in [0.25, 0.3) is 0 Å². The summed E-state index contributed by atoms with van der Waals surface area (Å²) in [5, 5.41) is 17.2. The summed E-state index contributed by atoms with van der Waals surface area (Å²) in [5.74, 6) is 0.619. The van der Waals surface area contributed by atoms with Crippen molar-refractivity contribution in [2.75, 3.05) is 19.7 Å². The van der Waals surface area contributed by atoms with Gasteiger partial charge in [-0.15, -0.1) is 36.2 Å². The predicted octanol–water partition coefficient (Wildman–Crippen LogP) is 6.40. The number of amidine groups is 2. The molecular formula is C31H34Cl2N4O3S. The summed E-state index contributed by atoms with van der Waals surface area (Å²) in [6.45, 7) is 3.58. The average Bonchev–Trinajstić information content (AvgIpc) is 3.58. The molecule has 2 heterocycles. The summed E-state index contributed by atoms with van der Waals surface area (Å²) in [6.07, 6.45) is 1.37. The molecule has 5 rings (SSSR count). The van der Waals surface area contributed by atoms with E-state index >= 15 is 0 Å². The van der Waals surface area contributed by atoms with E-state index < -0.39 is 5.92 Å². The summed E-state index contributed by atoms with van der Waals surface area (Å²) in [5.41, 5.74) is 8.12. The Bertz CT molecular complexity index is 1490. The molecule has 0 amide bonds. The highest BCUT2D eigenvalue weighted by Gasteiger charge is 2.27. The molecule has 216 valence electrons. The quantitative estimate of drug-likeness (QED) is 0.115. The Labute approximate surface area is 256 Å². The molecule has 7 nitrogen and oxygen atoms in total. The van der Waals surface area contributed by atoms with Crippen molar-refractivity contribution in [1.29, 1.82) is 10.8 Å². The lowest BCUT2D eigenvalue weighted by Gasteiger charge is -2.20. The van der Waals surface area contributed by atoms with Gasteiger partial charge in [0.05, 0.1) is 19.1 Å². The van der Waals surface area contributed by atoms with Gasteiger partial charge in [0.15, 0.2) is 0 Å². The molecule has 1 saturated heterocycles. The van der Waals surface area contributed by atoms with E-state index in [4.69, 9.17) is 26.0 Å². The first kappa shape index (κ1) is 31.9. The number of rotatable bonds is 9. The normalized spacial score (nSPS) is 15.0. The standard InChI is InChI=1S/C31H32N4O3S.2ClH/c1-2-37-31(36)27(18-26-17-23-16-22(29(32)33)10-13-28(23)39-26)20-8-11-24(12-9-20)38-25-14-15-35(19-25)30(34)21-6-4-3-5-7-21;;/h3-13,16-17,25,27,34H,2,14-15,18-19H2,1H3,(H3,32,33);2*1H/t25-,27?;;/m0../s1. The molecule has 4 N–H and O–H groups in total. The Morgan fingerprint density at radius 2 is 1.76 bits per heavy atom. The van der Waals surface area contributed by atoms with E-state index in [9.17, 15) is 4.79 Å². The summed E-state index contributed by atoms with van der Waals surface area (Å²) >= 11 is 1.64. The van der Waals surface area contributed by atoms with Crippen molar-refractivity contribution in [3.05, 3.63) is 100 Å². The minimum absolute atomic E-state index is 0. The Balaban J connectivity index is 0.00000231. The maximum Gasteiger partial charge on any atom is 0.313 e. The molecule has 0 radical (unpaired) electrons. The minimum atomic E-state index is -0.437. The number of likely N-dealkylation sites (tertiary alicyclic amines) is 1. The van der Waals surface area contributed by atoms with Gasteiger partial charge in [-0.1, -0.05) is 42.5 Å². The number of hydrogen-bond acceptors (Lipinski definition) is 6. The number of benzene rings is 3. The summed E-state index contributed by atoms with van der Waals surface area (Å²) in [6, 6.07) is 25.3. The van der Waals surface area contributed by atoms with E-state index in [-0.39, 0.29) is 42.7 Å². The molecule has 4 aromatic rings. The van der Waals surface area contributed by atoms with E-state index in [0.29, 0.717) is 31.0 Å². The van der Waals surface area contributed by atoms with Crippen molar-refractivity contribution in [1.82, 2.24) is 4.90 Å². The molecule has 1 aliphatic heterocycles. The molecule has 1 unspecified atom stereocenters. The number of carbonyl (C=O) groups is 1. The monoisotopic (exact) mass is 612 g/mol. The number of esters is 1. The maximum atomic E-state index is 13.0. The lowest BCUT2D eigenvalue weighted by Crippen LogP contribution is -2.30. The van der Waals surface area contributed by atoms with Crippen LogP contribution in [0.1, 0.15) is 40.8 Å². The van der Waals surface area contributed by atoms with Crippen LogP contribution in [0.4, 0.5) is 0 Å². The average molecular weight is 614 g/mol. The zero-order chi connectivity index (χ0) is 27.4. The number of ether oxygens (including phenoxy) is 2. The fraction of sp³-hybridized carbons (Fsp3) is 0.258. The maximum absolute atomic E-state index is 13.0. The lowest BCUT2D eigenvalue weighted by molar-refractivity contribution is -0.144. The van der Waals surface area contributed by atoms with Crippen LogP contribution < -0.4 is 10.5 Å². The number of nitrogen functional groups attached to an aromatic ring is 1. The molecule has 0 saturated carbocycles. The second-order valence-electron chi connectivity index (χ2n) is 9.65. The summed E-state index contributed by atoms with van der Waals surface area (Å²) in [7, 11) is 0. The number of thiophene rings is 1. The molecule has 1 aromatic heterocycles. The first-order chi connectivity index (χ1) is 18.9. The Hall–Kier alpha value is -3.59. The van der Waals surface area contributed by atoms with Crippen LogP contribution in [-0.2, 0) is 16.0 Å². The van der Waals surface area contributed by atoms with E-state index in [1.807, 2.05) is 79.7 Å². The summed E-state index contributed by atoms with van der Waals surface area (Å²) < 4.78 is 12.8. The van der Waals surface area contributed by atoms with Gasteiger partial charge in [0, 0.05) is 33.7 Å². The first-order valence-electron chi connectivity index (χ1n) is 13.1. The molecule has 3 aromatic carbocycles. The predicted molar refractivity (Wildman–Crippen MR) is 171 cm³/mol. The van der Waals surface area contributed by atoms with Crippen LogP contribution in [0.25, 0.3) is 10.1 Å². The second kappa shape index (κ2) is 14.3. The van der Waals surface area contributed by atoms with Crippen molar-refractivity contribution >= 4 is 63.9 Å². The number of carbonyl (C=O) groups excluding carboxylic acids is 1. The molecular weight excluding hydrogens is 579 g/mol. The van der Waals surface area contributed by atoms with E-state index in [1.54, 1.807) is 11.3 Å². The second-order valence-corrected chi connectivity index (χ2v) is 10.8. The zero-order valence-electron chi connectivity index (χ0n) is 22.7. The Morgan fingerprint density at radius 1 is 1.02 bits per heavy atom. The van der Waals surface area contributed by atoms with E-state index in [2.05, 4.69) is 11.0 Å². The lowest BCUT2D eigenvalue weighted by atomic mass is 9.94. The van der Waals surface area contributed by atoms with Crippen molar-refractivity contribution in [3.8, 4) is 5.75 Å². The fourth-order valence-electron chi connectivity index (χ4n) is 4.93. The highest BCUT2D eigenvalue weighted by Crippen LogP contribution is 2.32. The van der Waals surface area contributed by atoms with Crippen LogP contribution in [0.2, 0.25) is 0 Å².